The van der Waals surface area contributed by atoms with E-state index in [9.17, 15) is 0 Å². The van der Waals surface area contributed by atoms with E-state index in [1.165, 1.54) is 14.2 Å². The third kappa shape index (κ3) is 1.09. The molecule has 5 nitrogen and oxygen atoms in total. The topological polar surface area (TPSA) is 62.9 Å². The van der Waals surface area contributed by atoms with E-state index in [1.807, 2.05) is 0 Å². The van der Waals surface area contributed by atoms with Crippen LogP contribution < -0.4 is 24.7 Å². The van der Waals surface area contributed by atoms with Gasteiger partial charge in [0.15, 0.2) is 11.5 Å². The Balaban J connectivity index is 2.62. The van der Waals surface area contributed by atoms with E-state index >= 15 is 0 Å². The highest BCUT2D eigenvalue weighted by molar-refractivity contribution is 5.71. The fourth-order valence-electron chi connectivity index (χ4n) is 1.41. The van der Waals surface area contributed by atoms with E-state index in [-0.39, 0.29) is 6.79 Å². The Labute approximate surface area is 81.3 Å². The first-order valence-electron chi connectivity index (χ1n) is 4.08. The van der Waals surface area contributed by atoms with Gasteiger partial charge in [0.25, 0.3) is 0 Å². The van der Waals surface area contributed by atoms with Crippen molar-refractivity contribution < 1.29 is 18.9 Å². The van der Waals surface area contributed by atoms with Crippen molar-refractivity contribution in [3.05, 3.63) is 6.07 Å². The van der Waals surface area contributed by atoms with Crippen LogP contribution in [0.2, 0.25) is 0 Å². The molecule has 0 aliphatic carbocycles. The van der Waals surface area contributed by atoms with Gasteiger partial charge in [0.2, 0.25) is 18.3 Å². The third-order valence-electron chi connectivity index (χ3n) is 2.01. The molecule has 2 rings (SSSR count). The Bertz CT molecular complexity index is 361. The van der Waals surface area contributed by atoms with Crippen LogP contribution in [0.3, 0.4) is 0 Å². The van der Waals surface area contributed by atoms with Crippen molar-refractivity contribution in [1.29, 1.82) is 0 Å². The zero-order chi connectivity index (χ0) is 10.1. The van der Waals surface area contributed by atoms with E-state index in [1.54, 1.807) is 6.07 Å². The lowest BCUT2D eigenvalue weighted by molar-refractivity contribution is 0.170. The number of hydrogen-bond acceptors (Lipinski definition) is 5. The van der Waals surface area contributed by atoms with Gasteiger partial charge in [-0.15, -0.1) is 0 Å². The van der Waals surface area contributed by atoms with E-state index in [0.717, 1.165) is 0 Å². The molecule has 1 aromatic carbocycles. The minimum Gasteiger partial charge on any atom is -0.491 e. The van der Waals surface area contributed by atoms with Crippen molar-refractivity contribution in [1.82, 2.24) is 0 Å². The Morgan fingerprint density at radius 1 is 1.21 bits per heavy atom. The first-order chi connectivity index (χ1) is 6.77. The average Bonchev–Trinajstić information content (AvgIpc) is 2.62. The molecule has 0 fully saturated rings. The second-order valence-corrected chi connectivity index (χ2v) is 2.77. The zero-order valence-electron chi connectivity index (χ0n) is 7.99. The van der Waals surface area contributed by atoms with Gasteiger partial charge >= 0.3 is 0 Å². The highest BCUT2D eigenvalue weighted by Crippen LogP contribution is 2.49. The van der Waals surface area contributed by atoms with Gasteiger partial charge in [-0.2, -0.15) is 0 Å². The molecule has 0 bridgehead atoms. The zero-order valence-corrected chi connectivity index (χ0v) is 7.99. The summed E-state index contributed by atoms with van der Waals surface area (Å²) in [6.07, 6.45) is 0. The highest BCUT2D eigenvalue weighted by atomic mass is 16.7. The summed E-state index contributed by atoms with van der Waals surface area (Å²) in [6.45, 7) is 0.179. The molecular weight excluding hydrogens is 186 g/mol. The SMILES string of the molecule is COc1c(N)cc2c(c1OC)OCO2. The Morgan fingerprint density at radius 2 is 1.93 bits per heavy atom. The van der Waals surface area contributed by atoms with Crippen LogP contribution in [0.4, 0.5) is 5.69 Å². The van der Waals surface area contributed by atoms with Crippen molar-refractivity contribution in [2.75, 3.05) is 26.7 Å². The van der Waals surface area contributed by atoms with Crippen LogP contribution in [0.15, 0.2) is 6.07 Å². The molecule has 0 atom stereocenters. The molecule has 1 aromatic rings. The average molecular weight is 197 g/mol. The Hall–Kier alpha value is -1.78. The molecule has 1 heterocycles. The predicted octanol–water partition coefficient (Wildman–Crippen LogP) is 1.01. The molecule has 0 aromatic heterocycles. The molecule has 0 saturated heterocycles. The van der Waals surface area contributed by atoms with Gasteiger partial charge < -0.3 is 24.7 Å². The molecule has 0 unspecified atom stereocenters. The first-order valence-corrected chi connectivity index (χ1v) is 4.08. The lowest BCUT2D eigenvalue weighted by Gasteiger charge is -2.11. The maximum Gasteiger partial charge on any atom is 0.231 e. The molecule has 0 saturated carbocycles. The summed E-state index contributed by atoms with van der Waals surface area (Å²) in [5.74, 6) is 2.07. The number of fused-ring (bicyclic) bond motifs is 1. The van der Waals surface area contributed by atoms with Crippen LogP contribution in [0.5, 0.6) is 23.0 Å². The van der Waals surface area contributed by atoms with Gasteiger partial charge in [-0.3, -0.25) is 0 Å². The van der Waals surface area contributed by atoms with Gasteiger partial charge in [0.05, 0.1) is 19.9 Å². The van der Waals surface area contributed by atoms with Crippen LogP contribution in [0.25, 0.3) is 0 Å². The number of anilines is 1. The highest BCUT2D eigenvalue weighted by Gasteiger charge is 2.24. The second-order valence-electron chi connectivity index (χ2n) is 2.77. The lowest BCUT2D eigenvalue weighted by atomic mass is 10.2. The number of nitrogen functional groups attached to an aromatic ring is 1. The molecular formula is C9H11NO4. The number of rotatable bonds is 2. The molecule has 5 heteroatoms. The standard InChI is InChI=1S/C9H11NO4/c1-11-7-5(10)3-6-8(9(7)12-2)14-4-13-6/h3H,4,10H2,1-2H3. The van der Waals surface area contributed by atoms with Crippen LogP contribution in [0, 0.1) is 0 Å². The van der Waals surface area contributed by atoms with Crippen LogP contribution in [-0.2, 0) is 0 Å². The number of ether oxygens (including phenoxy) is 4. The Kier molecular flexibility index (Phi) is 1.99. The van der Waals surface area contributed by atoms with Gasteiger partial charge in [-0.05, 0) is 0 Å². The van der Waals surface area contributed by atoms with E-state index in [0.29, 0.717) is 28.7 Å². The molecule has 76 valence electrons. The van der Waals surface area contributed by atoms with Crippen molar-refractivity contribution >= 4 is 5.69 Å². The molecule has 0 amide bonds. The largest absolute Gasteiger partial charge is 0.491 e. The fraction of sp³-hybridized carbons (Fsp3) is 0.333. The van der Waals surface area contributed by atoms with Crippen molar-refractivity contribution in [2.24, 2.45) is 0 Å². The smallest absolute Gasteiger partial charge is 0.231 e. The van der Waals surface area contributed by atoms with Gasteiger partial charge in [-0.25, -0.2) is 0 Å². The fourth-order valence-corrected chi connectivity index (χ4v) is 1.41. The first kappa shape index (κ1) is 8.80. The van der Waals surface area contributed by atoms with Crippen LogP contribution >= 0.6 is 0 Å². The number of nitrogens with two attached hydrogens (primary N) is 1. The quantitative estimate of drug-likeness (QED) is 0.717. The molecule has 0 radical (unpaired) electrons. The molecule has 14 heavy (non-hydrogen) atoms. The summed E-state index contributed by atoms with van der Waals surface area (Å²) in [5.41, 5.74) is 6.21. The maximum atomic E-state index is 5.74. The number of benzene rings is 1. The van der Waals surface area contributed by atoms with Crippen molar-refractivity contribution in [2.45, 2.75) is 0 Å². The van der Waals surface area contributed by atoms with Crippen molar-refractivity contribution in [3.8, 4) is 23.0 Å². The van der Waals surface area contributed by atoms with Crippen molar-refractivity contribution in [3.63, 3.8) is 0 Å². The minimum atomic E-state index is 0.179. The normalized spacial score (nSPS) is 12.7. The molecule has 1 aliphatic heterocycles. The molecule has 1 aliphatic rings. The van der Waals surface area contributed by atoms with Crippen LogP contribution in [0.1, 0.15) is 0 Å². The summed E-state index contributed by atoms with van der Waals surface area (Å²) in [4.78, 5) is 0. The van der Waals surface area contributed by atoms with Crippen LogP contribution in [-0.4, -0.2) is 21.0 Å². The summed E-state index contributed by atoms with van der Waals surface area (Å²) < 4.78 is 20.7. The molecule has 0 spiro atoms. The van der Waals surface area contributed by atoms with E-state index in [2.05, 4.69) is 0 Å². The summed E-state index contributed by atoms with van der Waals surface area (Å²) in [6, 6.07) is 1.66. The third-order valence-corrected chi connectivity index (χ3v) is 2.01. The summed E-state index contributed by atoms with van der Waals surface area (Å²) >= 11 is 0. The van der Waals surface area contributed by atoms with E-state index < -0.39 is 0 Å². The summed E-state index contributed by atoms with van der Waals surface area (Å²) in [5, 5.41) is 0. The van der Waals surface area contributed by atoms with Gasteiger partial charge in [-0.1, -0.05) is 0 Å². The van der Waals surface area contributed by atoms with E-state index in [4.69, 9.17) is 24.7 Å². The summed E-state index contributed by atoms with van der Waals surface area (Å²) in [7, 11) is 3.05. The van der Waals surface area contributed by atoms with Gasteiger partial charge in [0.1, 0.15) is 0 Å². The monoisotopic (exact) mass is 197 g/mol. The molecule has 2 N–H and O–H groups in total. The predicted molar refractivity (Wildman–Crippen MR) is 50.1 cm³/mol. The second kappa shape index (κ2) is 3.17. The Morgan fingerprint density at radius 3 is 2.57 bits per heavy atom. The van der Waals surface area contributed by atoms with Gasteiger partial charge in [0, 0.05) is 6.07 Å². The maximum absolute atomic E-state index is 5.74. The minimum absolute atomic E-state index is 0.179. The number of hydrogen-bond donors (Lipinski definition) is 1. The lowest BCUT2D eigenvalue weighted by Crippen LogP contribution is -1.97. The number of methoxy groups -OCH3 is 2.